The van der Waals surface area contributed by atoms with Crippen LogP contribution in [0.4, 0.5) is 0 Å². The molecule has 0 aliphatic heterocycles. The second-order valence-corrected chi connectivity index (χ2v) is 11.9. The quantitative estimate of drug-likeness (QED) is 0.238. The van der Waals surface area contributed by atoms with Gasteiger partial charge in [0, 0.05) is 10.8 Å². The van der Waals surface area contributed by atoms with Gasteiger partial charge in [-0.2, -0.15) is 0 Å². The third-order valence-corrected chi connectivity index (χ3v) is 8.94. The van der Waals surface area contributed by atoms with Crippen LogP contribution in [0.1, 0.15) is 55.5 Å². The molecule has 5 aromatic rings. The van der Waals surface area contributed by atoms with Crippen LogP contribution in [-0.2, 0) is 10.8 Å². The van der Waals surface area contributed by atoms with Crippen molar-refractivity contribution in [1.82, 2.24) is 0 Å². The Balaban J connectivity index is 1.32. The van der Waals surface area contributed by atoms with Gasteiger partial charge >= 0.3 is 0 Å². The fourth-order valence-corrected chi connectivity index (χ4v) is 6.81. The summed E-state index contributed by atoms with van der Waals surface area (Å²) in [6.45, 7) is 11.6. The maximum Gasteiger partial charge on any atom is 0.0159 e. The Hall–Kier alpha value is -3.90. The highest BCUT2D eigenvalue weighted by molar-refractivity contribution is 5.87. The fraction of sp³-hybridized carbons (Fsp3) is 0.189. The Bertz CT molecular complexity index is 1730. The third-order valence-electron chi connectivity index (χ3n) is 8.94. The summed E-state index contributed by atoms with van der Waals surface area (Å²) in [6.07, 6.45) is 0. The first-order chi connectivity index (χ1) is 17.7. The van der Waals surface area contributed by atoms with Crippen molar-refractivity contribution in [2.75, 3.05) is 0 Å². The van der Waals surface area contributed by atoms with Crippen LogP contribution in [0.3, 0.4) is 0 Å². The summed E-state index contributed by atoms with van der Waals surface area (Å²) in [5.74, 6) is 0. The number of hydrogen-bond donors (Lipinski definition) is 0. The maximum absolute atomic E-state index is 2.44. The molecule has 0 spiro atoms. The molecule has 0 saturated carbocycles. The van der Waals surface area contributed by atoms with Crippen molar-refractivity contribution in [3.63, 3.8) is 0 Å². The van der Waals surface area contributed by atoms with E-state index >= 15 is 0 Å². The Morgan fingerprint density at radius 3 is 1.32 bits per heavy atom. The van der Waals surface area contributed by atoms with Crippen LogP contribution in [0.2, 0.25) is 0 Å². The molecule has 0 saturated heterocycles. The molecule has 0 heterocycles. The van der Waals surface area contributed by atoms with Gasteiger partial charge in [0.25, 0.3) is 0 Å². The summed E-state index contributed by atoms with van der Waals surface area (Å²) in [7, 11) is 0. The number of benzene rings is 5. The highest BCUT2D eigenvalue weighted by Gasteiger charge is 2.37. The van der Waals surface area contributed by atoms with Crippen LogP contribution in [0.15, 0.2) is 103 Å². The van der Waals surface area contributed by atoms with E-state index in [1.807, 2.05) is 0 Å². The van der Waals surface area contributed by atoms with Crippen molar-refractivity contribution in [2.45, 2.75) is 45.4 Å². The van der Waals surface area contributed by atoms with Gasteiger partial charge in [-0.1, -0.05) is 118 Å². The van der Waals surface area contributed by atoms with E-state index in [1.165, 1.54) is 72.3 Å². The smallest absolute Gasteiger partial charge is 0.0159 e. The number of fused-ring (bicyclic) bond motifs is 6. The molecule has 180 valence electrons. The van der Waals surface area contributed by atoms with Crippen LogP contribution < -0.4 is 0 Å². The lowest BCUT2D eigenvalue weighted by Gasteiger charge is -2.23. The summed E-state index contributed by atoms with van der Waals surface area (Å²) < 4.78 is 0. The van der Waals surface area contributed by atoms with Gasteiger partial charge < -0.3 is 0 Å². The van der Waals surface area contributed by atoms with E-state index in [1.54, 1.807) is 0 Å². The molecule has 0 unspecified atom stereocenters. The zero-order valence-electron chi connectivity index (χ0n) is 22.3. The molecule has 0 N–H and O–H groups in total. The highest BCUT2D eigenvalue weighted by atomic mass is 14.4. The van der Waals surface area contributed by atoms with Gasteiger partial charge in [-0.3, -0.25) is 0 Å². The molecule has 0 fully saturated rings. The van der Waals surface area contributed by atoms with E-state index in [4.69, 9.17) is 0 Å². The highest BCUT2D eigenvalue weighted by Crippen LogP contribution is 2.52. The molecular formula is C37H32. The molecule has 0 heteroatoms. The minimum atomic E-state index is -0.0489. The Morgan fingerprint density at radius 2 is 0.811 bits per heavy atom. The van der Waals surface area contributed by atoms with E-state index in [0.29, 0.717) is 0 Å². The van der Waals surface area contributed by atoms with E-state index in [-0.39, 0.29) is 10.8 Å². The normalized spacial score (nSPS) is 15.6. The van der Waals surface area contributed by atoms with Crippen LogP contribution in [0.5, 0.6) is 0 Å². The van der Waals surface area contributed by atoms with Crippen LogP contribution >= 0.6 is 0 Å². The van der Waals surface area contributed by atoms with Crippen molar-refractivity contribution < 1.29 is 0 Å². The molecular weight excluding hydrogens is 444 g/mol. The largest absolute Gasteiger partial charge is 0.0619 e. The van der Waals surface area contributed by atoms with Gasteiger partial charge in [-0.15, -0.1) is 0 Å². The average Bonchev–Trinajstić information content (AvgIpc) is 3.28. The Morgan fingerprint density at radius 1 is 0.378 bits per heavy atom. The zero-order valence-corrected chi connectivity index (χ0v) is 22.3. The minimum absolute atomic E-state index is 0.0143. The summed E-state index contributed by atoms with van der Waals surface area (Å²) in [6, 6.07) is 38.9. The molecule has 2 aliphatic rings. The molecule has 37 heavy (non-hydrogen) atoms. The number of aryl methyl sites for hydroxylation is 1. The van der Waals surface area contributed by atoms with Crippen molar-refractivity contribution in [2.24, 2.45) is 0 Å². The number of hydrogen-bond acceptors (Lipinski definition) is 0. The molecule has 5 aromatic carbocycles. The SMILES string of the molecule is Cc1cccc(-c2ccc3c(c2)C(C)(C)c2cc(-c4ccc5c(c4)C(C)(C)c4ccccc4-5)ccc2-3)c1. The van der Waals surface area contributed by atoms with E-state index in [0.717, 1.165) is 0 Å². The third kappa shape index (κ3) is 3.15. The number of rotatable bonds is 2. The predicted octanol–water partition coefficient (Wildman–Crippen LogP) is 9.94. The second kappa shape index (κ2) is 7.56. The summed E-state index contributed by atoms with van der Waals surface area (Å²) in [5.41, 5.74) is 17.6. The molecule has 7 rings (SSSR count). The van der Waals surface area contributed by atoms with Gasteiger partial charge in [0.1, 0.15) is 0 Å². The fourth-order valence-electron chi connectivity index (χ4n) is 6.81. The molecule has 0 bridgehead atoms. The van der Waals surface area contributed by atoms with E-state index in [2.05, 4.69) is 138 Å². The lowest BCUT2D eigenvalue weighted by molar-refractivity contribution is 0.659. The van der Waals surface area contributed by atoms with Crippen molar-refractivity contribution in [3.05, 3.63) is 131 Å². The molecule has 0 radical (unpaired) electrons. The molecule has 0 atom stereocenters. The van der Waals surface area contributed by atoms with Crippen molar-refractivity contribution in [1.29, 1.82) is 0 Å². The molecule has 0 amide bonds. The Kier molecular flexibility index (Phi) is 4.56. The lowest BCUT2D eigenvalue weighted by Crippen LogP contribution is -2.15. The van der Waals surface area contributed by atoms with E-state index < -0.39 is 0 Å². The average molecular weight is 477 g/mol. The minimum Gasteiger partial charge on any atom is -0.0619 e. The van der Waals surface area contributed by atoms with Gasteiger partial charge in [-0.25, -0.2) is 0 Å². The van der Waals surface area contributed by atoms with Crippen LogP contribution in [0.25, 0.3) is 44.5 Å². The maximum atomic E-state index is 2.44. The topological polar surface area (TPSA) is 0 Å². The van der Waals surface area contributed by atoms with Crippen molar-refractivity contribution in [3.8, 4) is 44.5 Å². The first-order valence-corrected chi connectivity index (χ1v) is 13.4. The van der Waals surface area contributed by atoms with E-state index in [9.17, 15) is 0 Å². The first-order valence-electron chi connectivity index (χ1n) is 13.4. The standard InChI is InChI=1S/C37H32/c1-23-9-8-10-24(19-23)25-13-17-30-31-18-15-27(22-35(31)37(4,5)34(30)20-25)26-14-16-29-28-11-6-7-12-32(28)36(2,3)33(29)21-26/h6-22H,1-5H3. The van der Waals surface area contributed by atoms with Gasteiger partial charge in [-0.05, 0) is 91.9 Å². The molecule has 0 nitrogen and oxygen atoms in total. The van der Waals surface area contributed by atoms with Crippen LogP contribution in [0, 0.1) is 6.92 Å². The monoisotopic (exact) mass is 476 g/mol. The molecule has 2 aliphatic carbocycles. The zero-order chi connectivity index (χ0) is 25.5. The predicted molar refractivity (Wildman–Crippen MR) is 157 cm³/mol. The summed E-state index contributed by atoms with van der Waals surface area (Å²) >= 11 is 0. The Labute approximate surface area is 220 Å². The van der Waals surface area contributed by atoms with Crippen molar-refractivity contribution >= 4 is 0 Å². The summed E-state index contributed by atoms with van der Waals surface area (Å²) in [4.78, 5) is 0. The van der Waals surface area contributed by atoms with Crippen LogP contribution in [-0.4, -0.2) is 0 Å². The van der Waals surface area contributed by atoms with Gasteiger partial charge in [0.2, 0.25) is 0 Å². The molecule has 0 aromatic heterocycles. The second-order valence-electron chi connectivity index (χ2n) is 11.9. The first kappa shape index (κ1) is 22.3. The summed E-state index contributed by atoms with van der Waals surface area (Å²) in [5, 5.41) is 0. The van der Waals surface area contributed by atoms with Gasteiger partial charge in [0.15, 0.2) is 0 Å². The lowest BCUT2D eigenvalue weighted by atomic mass is 9.80. The van der Waals surface area contributed by atoms with Gasteiger partial charge in [0.05, 0.1) is 0 Å².